The zero-order valence-electron chi connectivity index (χ0n) is 9.68. The van der Waals surface area contributed by atoms with E-state index in [1.54, 1.807) is 35.2 Å². The highest BCUT2D eigenvalue weighted by Crippen LogP contribution is 2.23. The Morgan fingerprint density at radius 3 is 3.21 bits per heavy atom. The van der Waals surface area contributed by atoms with Gasteiger partial charge in [0.05, 0.1) is 5.69 Å². The third-order valence-electron chi connectivity index (χ3n) is 2.48. The number of fused-ring (bicyclic) bond motifs is 1. The van der Waals surface area contributed by atoms with E-state index in [2.05, 4.69) is 9.97 Å². The van der Waals surface area contributed by atoms with Gasteiger partial charge in [-0.25, -0.2) is 14.8 Å². The molecule has 0 aliphatic carbocycles. The SMILES string of the molecule is O=C(O)c1cc(SCc2cn3ccsc3n2)ccn1. The summed E-state index contributed by atoms with van der Waals surface area (Å²) in [6.07, 6.45) is 5.46. The molecule has 1 N–H and O–H groups in total. The molecule has 0 spiro atoms. The van der Waals surface area contributed by atoms with Crippen molar-refractivity contribution in [1.29, 1.82) is 0 Å². The van der Waals surface area contributed by atoms with E-state index < -0.39 is 5.97 Å². The largest absolute Gasteiger partial charge is 0.477 e. The van der Waals surface area contributed by atoms with Crippen molar-refractivity contribution in [1.82, 2.24) is 14.4 Å². The molecule has 0 fully saturated rings. The molecule has 0 amide bonds. The zero-order valence-corrected chi connectivity index (χ0v) is 11.3. The second-order valence-corrected chi connectivity index (χ2v) is 5.72. The van der Waals surface area contributed by atoms with Crippen LogP contribution in [0, 0.1) is 0 Å². The quantitative estimate of drug-likeness (QED) is 0.749. The number of carbonyl (C=O) groups is 1. The Morgan fingerprint density at radius 2 is 2.42 bits per heavy atom. The predicted molar refractivity (Wildman–Crippen MR) is 73.8 cm³/mol. The number of carboxylic acid groups (broad SMARTS) is 1. The fraction of sp³-hybridized carbons (Fsp3) is 0.0833. The number of pyridine rings is 1. The molecule has 3 heterocycles. The van der Waals surface area contributed by atoms with E-state index >= 15 is 0 Å². The summed E-state index contributed by atoms with van der Waals surface area (Å²) in [5, 5.41) is 10.9. The Labute approximate surface area is 116 Å². The number of thiazole rings is 1. The van der Waals surface area contributed by atoms with E-state index in [1.165, 1.54) is 6.20 Å². The van der Waals surface area contributed by atoms with Gasteiger partial charge in [-0.15, -0.1) is 23.1 Å². The van der Waals surface area contributed by atoms with Gasteiger partial charge >= 0.3 is 5.97 Å². The van der Waals surface area contributed by atoms with Crippen LogP contribution >= 0.6 is 23.1 Å². The summed E-state index contributed by atoms with van der Waals surface area (Å²) in [7, 11) is 0. The first kappa shape index (κ1) is 12.2. The minimum Gasteiger partial charge on any atom is -0.477 e. The summed E-state index contributed by atoms with van der Waals surface area (Å²) in [6, 6.07) is 3.38. The van der Waals surface area contributed by atoms with E-state index in [-0.39, 0.29) is 5.69 Å². The Balaban J connectivity index is 1.73. The first-order valence-corrected chi connectivity index (χ1v) is 7.32. The molecule has 3 rings (SSSR count). The normalized spacial score (nSPS) is 10.9. The molecular formula is C12H9N3O2S2. The van der Waals surface area contributed by atoms with Crippen LogP contribution in [0.25, 0.3) is 4.96 Å². The molecular weight excluding hydrogens is 282 g/mol. The summed E-state index contributed by atoms with van der Waals surface area (Å²) < 4.78 is 1.98. The van der Waals surface area contributed by atoms with Gasteiger partial charge in [-0.1, -0.05) is 0 Å². The van der Waals surface area contributed by atoms with Crippen LogP contribution in [-0.4, -0.2) is 25.4 Å². The number of hydrogen-bond acceptors (Lipinski definition) is 5. The van der Waals surface area contributed by atoms with Gasteiger partial charge in [-0.05, 0) is 12.1 Å². The fourth-order valence-corrected chi connectivity index (χ4v) is 3.15. The van der Waals surface area contributed by atoms with Gasteiger partial charge in [0, 0.05) is 34.6 Å². The number of hydrogen-bond donors (Lipinski definition) is 1. The van der Waals surface area contributed by atoms with Gasteiger partial charge in [0.15, 0.2) is 4.96 Å². The molecule has 0 bridgehead atoms. The molecule has 0 aliphatic heterocycles. The minimum absolute atomic E-state index is 0.0656. The van der Waals surface area contributed by atoms with Gasteiger partial charge in [-0.2, -0.15) is 0 Å². The zero-order chi connectivity index (χ0) is 13.2. The maximum Gasteiger partial charge on any atom is 0.354 e. The van der Waals surface area contributed by atoms with Gasteiger partial charge in [0.2, 0.25) is 0 Å². The van der Waals surface area contributed by atoms with Gasteiger partial charge in [-0.3, -0.25) is 4.40 Å². The summed E-state index contributed by atoms with van der Waals surface area (Å²) >= 11 is 3.14. The molecule has 0 aromatic carbocycles. The molecule has 7 heteroatoms. The maximum atomic E-state index is 10.8. The number of nitrogens with zero attached hydrogens (tertiary/aromatic N) is 3. The highest BCUT2D eigenvalue weighted by molar-refractivity contribution is 7.98. The highest BCUT2D eigenvalue weighted by atomic mass is 32.2. The summed E-state index contributed by atoms with van der Waals surface area (Å²) in [6.45, 7) is 0. The summed E-state index contributed by atoms with van der Waals surface area (Å²) in [4.78, 5) is 20.9. The van der Waals surface area contributed by atoms with Crippen molar-refractivity contribution < 1.29 is 9.90 Å². The molecule has 96 valence electrons. The first-order valence-electron chi connectivity index (χ1n) is 5.45. The Bertz CT molecular complexity index is 707. The van der Waals surface area contributed by atoms with Crippen LogP contribution < -0.4 is 0 Å². The number of carboxylic acids is 1. The molecule has 0 radical (unpaired) electrons. The Kier molecular flexibility index (Phi) is 3.22. The lowest BCUT2D eigenvalue weighted by molar-refractivity contribution is 0.0690. The first-order chi connectivity index (χ1) is 9.22. The molecule has 3 aromatic heterocycles. The van der Waals surface area contributed by atoms with Crippen molar-refractivity contribution >= 4 is 34.0 Å². The lowest BCUT2D eigenvalue weighted by Crippen LogP contribution is -1.99. The van der Waals surface area contributed by atoms with Crippen LogP contribution in [0.3, 0.4) is 0 Å². The number of aromatic carboxylic acids is 1. The van der Waals surface area contributed by atoms with Crippen molar-refractivity contribution in [2.24, 2.45) is 0 Å². The predicted octanol–water partition coefficient (Wildman–Crippen LogP) is 2.78. The second-order valence-electron chi connectivity index (χ2n) is 3.80. The van der Waals surface area contributed by atoms with Gasteiger partial charge < -0.3 is 5.11 Å². The van der Waals surface area contributed by atoms with Crippen LogP contribution in [0.15, 0.2) is 41.0 Å². The van der Waals surface area contributed by atoms with Crippen molar-refractivity contribution in [3.63, 3.8) is 0 Å². The van der Waals surface area contributed by atoms with Crippen LogP contribution in [0.2, 0.25) is 0 Å². The van der Waals surface area contributed by atoms with Crippen molar-refractivity contribution in [3.8, 4) is 0 Å². The van der Waals surface area contributed by atoms with Crippen LogP contribution in [0.1, 0.15) is 16.2 Å². The van der Waals surface area contributed by atoms with Crippen LogP contribution in [-0.2, 0) is 5.75 Å². The fourth-order valence-electron chi connectivity index (χ4n) is 1.62. The number of rotatable bonds is 4. The van der Waals surface area contributed by atoms with E-state index in [0.717, 1.165) is 15.6 Å². The van der Waals surface area contributed by atoms with Crippen molar-refractivity contribution in [2.45, 2.75) is 10.6 Å². The standard InChI is InChI=1S/C12H9N3O2S2/c16-11(17)10-5-9(1-2-13-10)19-7-8-6-15-3-4-18-12(15)14-8/h1-6H,7H2,(H,16,17). The molecule has 0 saturated heterocycles. The molecule has 0 aliphatic rings. The molecule has 0 saturated carbocycles. The number of thioether (sulfide) groups is 1. The molecule has 5 nitrogen and oxygen atoms in total. The van der Waals surface area contributed by atoms with Crippen molar-refractivity contribution in [2.75, 3.05) is 0 Å². The third-order valence-corrected chi connectivity index (χ3v) is 4.28. The summed E-state index contributed by atoms with van der Waals surface area (Å²) in [5.41, 5.74) is 1.04. The minimum atomic E-state index is -1.01. The topological polar surface area (TPSA) is 67.5 Å². The number of aromatic nitrogens is 3. The Morgan fingerprint density at radius 1 is 1.53 bits per heavy atom. The molecule has 3 aromatic rings. The molecule has 19 heavy (non-hydrogen) atoms. The lowest BCUT2D eigenvalue weighted by Gasteiger charge is -2.00. The smallest absolute Gasteiger partial charge is 0.354 e. The second kappa shape index (κ2) is 5.02. The molecule has 0 unspecified atom stereocenters. The average molecular weight is 291 g/mol. The average Bonchev–Trinajstić information content (AvgIpc) is 2.97. The molecule has 0 atom stereocenters. The lowest BCUT2D eigenvalue weighted by atomic mass is 10.3. The van der Waals surface area contributed by atoms with Gasteiger partial charge in [0.25, 0.3) is 0 Å². The summed E-state index contributed by atoms with van der Waals surface area (Å²) in [5.74, 6) is -0.303. The van der Waals surface area contributed by atoms with Crippen LogP contribution in [0.5, 0.6) is 0 Å². The van der Waals surface area contributed by atoms with Crippen molar-refractivity contribution in [3.05, 3.63) is 47.5 Å². The van der Waals surface area contributed by atoms with Gasteiger partial charge in [0.1, 0.15) is 5.69 Å². The van der Waals surface area contributed by atoms with E-state index in [9.17, 15) is 4.79 Å². The Hall–Kier alpha value is -1.86. The number of imidazole rings is 1. The van der Waals surface area contributed by atoms with E-state index in [0.29, 0.717) is 5.75 Å². The van der Waals surface area contributed by atoms with E-state index in [4.69, 9.17) is 5.11 Å². The highest BCUT2D eigenvalue weighted by Gasteiger charge is 2.07. The van der Waals surface area contributed by atoms with E-state index in [1.807, 2.05) is 22.2 Å². The monoisotopic (exact) mass is 291 g/mol. The maximum absolute atomic E-state index is 10.8. The third kappa shape index (κ3) is 2.61. The van der Waals surface area contributed by atoms with Crippen LogP contribution in [0.4, 0.5) is 0 Å².